The fourth-order valence-corrected chi connectivity index (χ4v) is 3.09. The van der Waals surface area contributed by atoms with Gasteiger partial charge in [-0.05, 0) is 37.0 Å². The van der Waals surface area contributed by atoms with Crippen LogP contribution in [0.3, 0.4) is 0 Å². The lowest BCUT2D eigenvalue weighted by atomic mass is 10.1. The van der Waals surface area contributed by atoms with Crippen LogP contribution in [0.1, 0.15) is 38.3 Å². The number of nitrogens with zero attached hydrogens (tertiary/aromatic N) is 5. The first-order valence-corrected chi connectivity index (χ1v) is 8.94. The van der Waals surface area contributed by atoms with Crippen molar-refractivity contribution in [1.29, 1.82) is 0 Å². The van der Waals surface area contributed by atoms with E-state index in [0.717, 1.165) is 42.3 Å². The molecule has 2 aromatic rings. The maximum absolute atomic E-state index is 12.2. The fourth-order valence-electron chi connectivity index (χ4n) is 3.09. The third-order valence-corrected chi connectivity index (χ3v) is 4.51. The molecule has 0 N–H and O–H groups in total. The summed E-state index contributed by atoms with van der Waals surface area (Å²) in [5, 5.41) is 0. The van der Waals surface area contributed by atoms with E-state index in [1.165, 1.54) is 12.8 Å². The highest BCUT2D eigenvalue weighted by Gasteiger charge is 2.19. The minimum absolute atomic E-state index is 0.143. The summed E-state index contributed by atoms with van der Waals surface area (Å²) in [5.74, 6) is 0.908. The summed E-state index contributed by atoms with van der Waals surface area (Å²) in [5.41, 5.74) is 2.87. The van der Waals surface area contributed by atoms with Gasteiger partial charge in [0.05, 0.1) is 12.2 Å². The van der Waals surface area contributed by atoms with Crippen LogP contribution in [0.25, 0.3) is 11.1 Å². The highest BCUT2D eigenvalue weighted by molar-refractivity contribution is 5.76. The van der Waals surface area contributed by atoms with Crippen LogP contribution >= 0.6 is 0 Å². The molecule has 1 aliphatic heterocycles. The van der Waals surface area contributed by atoms with Crippen molar-refractivity contribution in [2.75, 3.05) is 25.0 Å². The molecule has 0 atom stereocenters. The van der Waals surface area contributed by atoms with Crippen molar-refractivity contribution in [2.45, 2.75) is 39.2 Å². The molecule has 1 amide bonds. The van der Waals surface area contributed by atoms with Gasteiger partial charge in [0.15, 0.2) is 0 Å². The van der Waals surface area contributed by atoms with Gasteiger partial charge in [-0.1, -0.05) is 6.92 Å². The normalized spacial score (nSPS) is 13.9. The molecule has 3 rings (SSSR count). The molecule has 25 heavy (non-hydrogen) atoms. The molecule has 6 heteroatoms. The van der Waals surface area contributed by atoms with E-state index in [-0.39, 0.29) is 5.91 Å². The molecule has 0 bridgehead atoms. The Bertz CT molecular complexity index is 713. The second-order valence-electron chi connectivity index (χ2n) is 6.46. The SMILES string of the molecule is CCCC(=O)N(C)Cc1nc(N2CCCC2)ncc1-c1ccncc1. The third kappa shape index (κ3) is 4.13. The molecule has 0 aliphatic carbocycles. The molecule has 3 heterocycles. The predicted octanol–water partition coefficient (Wildman–Crippen LogP) is 2.90. The van der Waals surface area contributed by atoms with Crippen LogP contribution in [0.4, 0.5) is 5.95 Å². The number of pyridine rings is 1. The molecule has 1 fully saturated rings. The molecule has 6 nitrogen and oxygen atoms in total. The number of carbonyl (C=O) groups excluding carboxylic acids is 1. The molecule has 1 aliphatic rings. The van der Waals surface area contributed by atoms with Crippen LogP contribution in [-0.2, 0) is 11.3 Å². The van der Waals surface area contributed by atoms with Crippen molar-refractivity contribution in [2.24, 2.45) is 0 Å². The number of anilines is 1. The van der Waals surface area contributed by atoms with Crippen LogP contribution in [-0.4, -0.2) is 45.9 Å². The van der Waals surface area contributed by atoms with Gasteiger partial charge in [-0.15, -0.1) is 0 Å². The second kappa shape index (κ2) is 8.05. The van der Waals surface area contributed by atoms with Gasteiger partial charge in [0.2, 0.25) is 11.9 Å². The number of hydrogen-bond donors (Lipinski definition) is 0. The summed E-state index contributed by atoms with van der Waals surface area (Å²) in [7, 11) is 1.84. The second-order valence-corrected chi connectivity index (χ2v) is 6.46. The first-order valence-electron chi connectivity index (χ1n) is 8.94. The Labute approximate surface area is 148 Å². The molecular formula is C19H25N5O. The molecular weight excluding hydrogens is 314 g/mol. The van der Waals surface area contributed by atoms with Gasteiger partial charge in [-0.2, -0.15) is 0 Å². The van der Waals surface area contributed by atoms with Gasteiger partial charge < -0.3 is 9.80 Å². The molecule has 0 saturated carbocycles. The van der Waals surface area contributed by atoms with E-state index in [4.69, 9.17) is 4.98 Å². The molecule has 0 aromatic carbocycles. The summed E-state index contributed by atoms with van der Waals surface area (Å²) < 4.78 is 0. The molecule has 132 valence electrons. The lowest BCUT2D eigenvalue weighted by molar-refractivity contribution is -0.130. The van der Waals surface area contributed by atoms with E-state index in [2.05, 4.69) is 14.9 Å². The largest absolute Gasteiger partial charge is 0.341 e. The third-order valence-electron chi connectivity index (χ3n) is 4.51. The Hall–Kier alpha value is -2.50. The summed E-state index contributed by atoms with van der Waals surface area (Å²) >= 11 is 0. The molecule has 0 unspecified atom stereocenters. The average Bonchev–Trinajstić information content (AvgIpc) is 3.17. The summed E-state index contributed by atoms with van der Waals surface area (Å²) in [6.07, 6.45) is 9.18. The lowest BCUT2D eigenvalue weighted by Crippen LogP contribution is -2.27. The van der Waals surface area contributed by atoms with E-state index in [1.54, 1.807) is 17.3 Å². The maximum Gasteiger partial charge on any atom is 0.225 e. The zero-order valence-corrected chi connectivity index (χ0v) is 15.0. The maximum atomic E-state index is 12.2. The van der Waals surface area contributed by atoms with Crippen LogP contribution in [0, 0.1) is 0 Å². The molecule has 0 spiro atoms. The standard InChI is InChI=1S/C19H25N5O/c1-3-6-18(25)23(2)14-17-16(15-7-9-20-10-8-15)13-21-19(22-17)24-11-4-5-12-24/h7-10,13H,3-6,11-12,14H2,1-2H3. The minimum Gasteiger partial charge on any atom is -0.341 e. The smallest absolute Gasteiger partial charge is 0.225 e. The van der Waals surface area contributed by atoms with E-state index in [1.807, 2.05) is 32.3 Å². The summed E-state index contributed by atoms with van der Waals surface area (Å²) in [4.78, 5) is 29.6. The van der Waals surface area contributed by atoms with Gasteiger partial charge in [0.1, 0.15) is 0 Å². The Morgan fingerprint density at radius 3 is 2.64 bits per heavy atom. The summed E-state index contributed by atoms with van der Waals surface area (Å²) in [6, 6.07) is 3.90. The van der Waals surface area contributed by atoms with Crippen molar-refractivity contribution in [1.82, 2.24) is 19.9 Å². The van der Waals surface area contributed by atoms with Crippen LogP contribution in [0.15, 0.2) is 30.7 Å². The van der Waals surface area contributed by atoms with Crippen molar-refractivity contribution in [3.63, 3.8) is 0 Å². The average molecular weight is 339 g/mol. The lowest BCUT2D eigenvalue weighted by Gasteiger charge is -2.21. The minimum atomic E-state index is 0.143. The number of amides is 1. The highest BCUT2D eigenvalue weighted by atomic mass is 16.2. The molecule has 2 aromatic heterocycles. The number of aromatic nitrogens is 3. The molecule has 1 saturated heterocycles. The van der Waals surface area contributed by atoms with E-state index >= 15 is 0 Å². The number of rotatable bonds is 6. The van der Waals surface area contributed by atoms with Crippen molar-refractivity contribution in [3.05, 3.63) is 36.4 Å². The predicted molar refractivity (Wildman–Crippen MR) is 98.1 cm³/mol. The van der Waals surface area contributed by atoms with E-state index in [9.17, 15) is 4.79 Å². The van der Waals surface area contributed by atoms with Crippen LogP contribution in [0.2, 0.25) is 0 Å². The van der Waals surface area contributed by atoms with Crippen molar-refractivity contribution < 1.29 is 4.79 Å². The topological polar surface area (TPSA) is 62.2 Å². The van der Waals surface area contributed by atoms with E-state index < -0.39 is 0 Å². The van der Waals surface area contributed by atoms with Gasteiger partial charge in [-0.25, -0.2) is 9.97 Å². The van der Waals surface area contributed by atoms with Gasteiger partial charge in [0, 0.05) is 50.7 Å². The monoisotopic (exact) mass is 339 g/mol. The zero-order chi connectivity index (χ0) is 17.6. The Kier molecular flexibility index (Phi) is 5.58. The Morgan fingerprint density at radius 1 is 1.24 bits per heavy atom. The Balaban J connectivity index is 1.92. The zero-order valence-electron chi connectivity index (χ0n) is 15.0. The van der Waals surface area contributed by atoms with Gasteiger partial charge >= 0.3 is 0 Å². The van der Waals surface area contributed by atoms with Gasteiger partial charge in [0.25, 0.3) is 0 Å². The summed E-state index contributed by atoms with van der Waals surface area (Å²) in [6.45, 7) is 4.50. The Morgan fingerprint density at radius 2 is 1.96 bits per heavy atom. The fraction of sp³-hybridized carbons (Fsp3) is 0.474. The quantitative estimate of drug-likeness (QED) is 0.810. The number of carbonyl (C=O) groups is 1. The first-order chi connectivity index (χ1) is 12.2. The van der Waals surface area contributed by atoms with E-state index in [0.29, 0.717) is 13.0 Å². The van der Waals surface area contributed by atoms with Gasteiger partial charge in [-0.3, -0.25) is 9.78 Å². The first kappa shape index (κ1) is 17.3. The van der Waals surface area contributed by atoms with Crippen molar-refractivity contribution in [3.8, 4) is 11.1 Å². The van der Waals surface area contributed by atoms with Crippen LogP contribution in [0.5, 0.6) is 0 Å². The molecule has 0 radical (unpaired) electrons. The highest BCUT2D eigenvalue weighted by Crippen LogP contribution is 2.25. The number of hydrogen-bond acceptors (Lipinski definition) is 5. The van der Waals surface area contributed by atoms with Crippen molar-refractivity contribution >= 4 is 11.9 Å². The van der Waals surface area contributed by atoms with Crippen LogP contribution < -0.4 is 4.90 Å².